The molecule has 0 radical (unpaired) electrons. The van der Waals surface area contributed by atoms with E-state index in [9.17, 15) is 4.79 Å². The summed E-state index contributed by atoms with van der Waals surface area (Å²) in [6, 6.07) is 12.5. The Morgan fingerprint density at radius 2 is 2.11 bits per heavy atom. The molecular weight excluding hydrogens is 262 g/mol. The lowest BCUT2D eigenvalue weighted by Gasteiger charge is -2.04. The molecule has 0 bridgehead atoms. The van der Waals surface area contributed by atoms with Crippen LogP contribution in [0.5, 0.6) is 0 Å². The van der Waals surface area contributed by atoms with Gasteiger partial charge < -0.3 is 0 Å². The van der Waals surface area contributed by atoms with Gasteiger partial charge in [0.25, 0.3) is 5.91 Å². The number of rotatable bonds is 2. The van der Waals surface area contributed by atoms with E-state index in [1.54, 1.807) is 30.5 Å². The van der Waals surface area contributed by atoms with Gasteiger partial charge in [-0.2, -0.15) is 0 Å². The highest BCUT2D eigenvalue weighted by Gasteiger charge is 2.09. The smallest absolute Gasteiger partial charge is 0.258 e. The van der Waals surface area contributed by atoms with Crippen molar-refractivity contribution < 1.29 is 4.79 Å². The van der Waals surface area contributed by atoms with Gasteiger partial charge in [0.1, 0.15) is 0 Å². The fourth-order valence-electron chi connectivity index (χ4n) is 1.84. The van der Waals surface area contributed by atoms with Crippen molar-refractivity contribution in [2.24, 2.45) is 0 Å². The predicted molar refractivity (Wildman–Crippen MR) is 74.6 cm³/mol. The van der Waals surface area contributed by atoms with Crippen molar-refractivity contribution in [3.05, 3.63) is 65.4 Å². The van der Waals surface area contributed by atoms with Crippen LogP contribution in [0.25, 0.3) is 5.52 Å². The first kappa shape index (κ1) is 11.7. The number of hydrogen-bond donors (Lipinski definition) is 1. The standard InChI is InChI=1S/C14H10ClN3O/c15-11-5-3-4-10(8-11)13(19)17-14-16-9-12-6-1-2-7-18(12)14/h1-9H,(H,16,17,19). The maximum Gasteiger partial charge on any atom is 0.258 e. The summed E-state index contributed by atoms with van der Waals surface area (Å²) in [6.45, 7) is 0. The highest BCUT2D eigenvalue weighted by atomic mass is 35.5. The number of nitrogens with zero attached hydrogens (tertiary/aromatic N) is 2. The summed E-state index contributed by atoms with van der Waals surface area (Å²) in [5.74, 6) is 0.249. The second-order valence-electron chi connectivity index (χ2n) is 4.04. The third kappa shape index (κ3) is 2.30. The highest BCUT2D eigenvalue weighted by molar-refractivity contribution is 6.31. The number of benzene rings is 1. The van der Waals surface area contributed by atoms with Crippen molar-refractivity contribution >= 4 is 29.0 Å². The molecule has 3 aromatic rings. The van der Waals surface area contributed by atoms with Crippen molar-refractivity contribution in [1.82, 2.24) is 9.38 Å². The summed E-state index contributed by atoms with van der Waals surface area (Å²) in [5.41, 5.74) is 1.42. The lowest BCUT2D eigenvalue weighted by molar-refractivity contribution is 0.102. The van der Waals surface area contributed by atoms with Crippen LogP contribution < -0.4 is 5.32 Å². The van der Waals surface area contributed by atoms with Gasteiger partial charge in [-0.25, -0.2) is 4.98 Å². The molecule has 1 amide bonds. The van der Waals surface area contributed by atoms with E-state index in [1.807, 2.05) is 28.8 Å². The van der Waals surface area contributed by atoms with E-state index in [4.69, 9.17) is 11.6 Å². The molecule has 0 fully saturated rings. The molecule has 19 heavy (non-hydrogen) atoms. The number of hydrogen-bond acceptors (Lipinski definition) is 2. The third-order valence-corrected chi connectivity index (χ3v) is 2.99. The van der Waals surface area contributed by atoms with Gasteiger partial charge in [0, 0.05) is 16.8 Å². The molecule has 0 saturated heterocycles. The van der Waals surface area contributed by atoms with Gasteiger partial charge in [-0.3, -0.25) is 14.5 Å². The largest absolute Gasteiger partial charge is 0.292 e. The molecule has 2 heterocycles. The van der Waals surface area contributed by atoms with E-state index in [0.717, 1.165) is 5.52 Å². The van der Waals surface area contributed by atoms with Crippen molar-refractivity contribution in [2.45, 2.75) is 0 Å². The van der Waals surface area contributed by atoms with Crippen LogP contribution >= 0.6 is 11.6 Å². The molecule has 1 N–H and O–H groups in total. The Balaban J connectivity index is 1.91. The average molecular weight is 272 g/mol. The maximum atomic E-state index is 12.1. The molecule has 5 heteroatoms. The Morgan fingerprint density at radius 1 is 1.21 bits per heavy atom. The zero-order valence-electron chi connectivity index (χ0n) is 9.88. The number of fused-ring (bicyclic) bond motifs is 1. The number of carbonyl (C=O) groups excluding carboxylic acids is 1. The number of nitrogens with one attached hydrogen (secondary N) is 1. The zero-order chi connectivity index (χ0) is 13.2. The van der Waals surface area contributed by atoms with E-state index in [1.165, 1.54) is 0 Å². The molecule has 1 aromatic carbocycles. The summed E-state index contributed by atoms with van der Waals surface area (Å²) in [6.07, 6.45) is 3.55. The fraction of sp³-hybridized carbons (Fsp3) is 0. The maximum absolute atomic E-state index is 12.1. The predicted octanol–water partition coefficient (Wildman–Crippen LogP) is 3.24. The normalized spacial score (nSPS) is 10.6. The number of pyridine rings is 1. The second kappa shape index (κ2) is 4.74. The van der Waals surface area contributed by atoms with Crippen molar-refractivity contribution in [1.29, 1.82) is 0 Å². The lowest BCUT2D eigenvalue weighted by atomic mass is 10.2. The number of anilines is 1. The van der Waals surface area contributed by atoms with Crippen molar-refractivity contribution in [3.8, 4) is 0 Å². The summed E-state index contributed by atoms with van der Waals surface area (Å²) in [5, 5.41) is 3.29. The van der Waals surface area contributed by atoms with E-state index in [0.29, 0.717) is 16.5 Å². The summed E-state index contributed by atoms with van der Waals surface area (Å²) < 4.78 is 1.81. The van der Waals surface area contributed by atoms with Gasteiger partial charge in [0.2, 0.25) is 5.95 Å². The monoisotopic (exact) mass is 271 g/mol. The number of amides is 1. The molecule has 94 valence electrons. The SMILES string of the molecule is O=C(Nc1ncc2ccccn12)c1cccc(Cl)c1. The van der Waals surface area contributed by atoms with Gasteiger partial charge in [0.15, 0.2) is 0 Å². The minimum Gasteiger partial charge on any atom is -0.292 e. The Labute approximate surface area is 114 Å². The van der Waals surface area contributed by atoms with Crippen LogP contribution in [0.2, 0.25) is 5.02 Å². The summed E-state index contributed by atoms with van der Waals surface area (Å²) in [7, 11) is 0. The molecule has 0 aliphatic carbocycles. The molecular formula is C14H10ClN3O. The molecule has 0 saturated carbocycles. The number of imidazole rings is 1. The molecule has 0 spiro atoms. The molecule has 3 rings (SSSR count). The quantitative estimate of drug-likeness (QED) is 0.778. The Kier molecular flexibility index (Phi) is 2.93. The average Bonchev–Trinajstić information content (AvgIpc) is 2.82. The van der Waals surface area contributed by atoms with Gasteiger partial charge in [-0.05, 0) is 30.3 Å². The fourth-order valence-corrected chi connectivity index (χ4v) is 2.03. The Bertz CT molecular complexity index is 751. The van der Waals surface area contributed by atoms with Crippen molar-refractivity contribution in [2.75, 3.05) is 5.32 Å². The van der Waals surface area contributed by atoms with Crippen molar-refractivity contribution in [3.63, 3.8) is 0 Å². The van der Waals surface area contributed by atoms with E-state index in [2.05, 4.69) is 10.3 Å². The molecule has 0 atom stereocenters. The number of carbonyl (C=O) groups is 1. The molecule has 0 aliphatic heterocycles. The van der Waals surface area contributed by atoms with Crippen LogP contribution in [0.1, 0.15) is 10.4 Å². The van der Waals surface area contributed by atoms with Gasteiger partial charge in [-0.1, -0.05) is 23.7 Å². The number of aromatic nitrogens is 2. The Hall–Kier alpha value is -2.33. The van der Waals surface area contributed by atoms with E-state index in [-0.39, 0.29) is 5.91 Å². The minimum absolute atomic E-state index is 0.237. The van der Waals surface area contributed by atoms with E-state index >= 15 is 0 Å². The molecule has 0 aliphatic rings. The summed E-state index contributed by atoms with van der Waals surface area (Å²) in [4.78, 5) is 16.3. The molecule has 4 nitrogen and oxygen atoms in total. The zero-order valence-corrected chi connectivity index (χ0v) is 10.6. The van der Waals surface area contributed by atoms with E-state index < -0.39 is 0 Å². The van der Waals surface area contributed by atoms with Crippen LogP contribution in [0, 0.1) is 0 Å². The molecule has 0 unspecified atom stereocenters. The molecule has 2 aromatic heterocycles. The number of halogens is 1. The van der Waals surface area contributed by atoms with Gasteiger partial charge >= 0.3 is 0 Å². The van der Waals surface area contributed by atoms with Gasteiger partial charge in [0.05, 0.1) is 11.7 Å². The van der Waals surface area contributed by atoms with Crippen LogP contribution in [-0.4, -0.2) is 15.3 Å². The van der Waals surface area contributed by atoms with Crippen LogP contribution in [-0.2, 0) is 0 Å². The topological polar surface area (TPSA) is 46.4 Å². The first-order valence-electron chi connectivity index (χ1n) is 5.73. The van der Waals surface area contributed by atoms with Crippen LogP contribution in [0.4, 0.5) is 5.95 Å². The second-order valence-corrected chi connectivity index (χ2v) is 4.48. The van der Waals surface area contributed by atoms with Crippen LogP contribution in [0.3, 0.4) is 0 Å². The Morgan fingerprint density at radius 3 is 2.95 bits per heavy atom. The summed E-state index contributed by atoms with van der Waals surface area (Å²) >= 11 is 5.87. The highest BCUT2D eigenvalue weighted by Crippen LogP contribution is 2.14. The lowest BCUT2D eigenvalue weighted by Crippen LogP contribution is -2.14. The minimum atomic E-state index is -0.237. The van der Waals surface area contributed by atoms with Gasteiger partial charge in [-0.15, -0.1) is 0 Å². The van der Waals surface area contributed by atoms with Crippen LogP contribution in [0.15, 0.2) is 54.9 Å². The first-order chi connectivity index (χ1) is 9.24. The first-order valence-corrected chi connectivity index (χ1v) is 6.11. The third-order valence-electron chi connectivity index (χ3n) is 2.75.